The minimum atomic E-state index is -4.03. The largest absolute Gasteiger partial charge is 0.416 e. The summed E-state index contributed by atoms with van der Waals surface area (Å²) < 4.78 is 35.0. The Bertz CT molecular complexity index is 1090. The van der Waals surface area contributed by atoms with Crippen molar-refractivity contribution in [2.75, 3.05) is 0 Å². The molecule has 1 N–H and O–H groups in total. The first-order valence-corrected chi connectivity index (χ1v) is 9.86. The molecule has 3 aromatic rings. The van der Waals surface area contributed by atoms with E-state index in [1.54, 1.807) is 72.8 Å². The number of nitrogens with zero attached hydrogens (tertiary/aromatic N) is 2. The van der Waals surface area contributed by atoms with Crippen LogP contribution in [0, 0.1) is 6.92 Å². The molecule has 0 radical (unpaired) electrons. The first kappa shape index (κ1) is 19.3. The van der Waals surface area contributed by atoms with Gasteiger partial charge in [0.15, 0.2) is 0 Å². The van der Waals surface area contributed by atoms with Crippen LogP contribution in [0.5, 0.6) is 0 Å². The van der Waals surface area contributed by atoms with E-state index in [2.05, 4.69) is 9.55 Å². The van der Waals surface area contributed by atoms with Crippen LogP contribution in [0.1, 0.15) is 16.7 Å². The molecule has 0 saturated heterocycles. The van der Waals surface area contributed by atoms with Crippen LogP contribution in [0.2, 0.25) is 0 Å². The molecule has 0 atom stereocenters. The number of rotatable bonds is 4. The number of hydrogen-bond donors (Lipinski definition) is 1. The van der Waals surface area contributed by atoms with Gasteiger partial charge in [0.1, 0.15) is 0 Å². The van der Waals surface area contributed by atoms with Crippen molar-refractivity contribution in [2.45, 2.75) is 11.8 Å². The summed E-state index contributed by atoms with van der Waals surface area (Å²) in [6, 6.07) is 23.5. The summed E-state index contributed by atoms with van der Waals surface area (Å²) in [5, 5.41) is 12.5. The highest BCUT2D eigenvalue weighted by atomic mass is 32.2. The highest BCUT2D eigenvalue weighted by Crippen LogP contribution is 2.16. The monoisotopic (exact) mass is 394 g/mol. The Balaban J connectivity index is 2.05. The standard InChI is InChI=1S/C21H18N2O4S/c1-16-12-14-19(15-13-16)28(25,26)23-21(18-10-6-3-7-11-18)27-20(22-24)17-8-4-2-5-9-17/h2-15,24H,1H3. The minimum Gasteiger partial charge on any atom is -0.416 e. The summed E-state index contributed by atoms with van der Waals surface area (Å²) >= 11 is 0. The number of benzene rings is 3. The lowest BCUT2D eigenvalue weighted by Crippen LogP contribution is -2.17. The van der Waals surface area contributed by atoms with Gasteiger partial charge in [0.2, 0.25) is 5.90 Å². The predicted octanol–water partition coefficient (Wildman–Crippen LogP) is 3.98. The molecule has 0 saturated carbocycles. The molecule has 0 aromatic heterocycles. The number of ether oxygens (including phenoxy) is 1. The van der Waals surface area contributed by atoms with Crippen LogP contribution in [0.25, 0.3) is 0 Å². The summed E-state index contributed by atoms with van der Waals surface area (Å²) in [5.74, 6) is -0.361. The van der Waals surface area contributed by atoms with Crippen LogP contribution >= 0.6 is 0 Å². The van der Waals surface area contributed by atoms with Gasteiger partial charge in [-0.25, -0.2) is 0 Å². The molecule has 0 aliphatic carbocycles. The minimum absolute atomic E-state index is 0.0392. The van der Waals surface area contributed by atoms with E-state index in [1.165, 1.54) is 12.1 Å². The second-order valence-electron chi connectivity index (χ2n) is 5.92. The van der Waals surface area contributed by atoms with E-state index in [4.69, 9.17) is 4.74 Å². The second-order valence-corrected chi connectivity index (χ2v) is 7.53. The molecule has 0 aliphatic rings. The van der Waals surface area contributed by atoms with E-state index in [0.717, 1.165) is 5.56 Å². The molecule has 0 fully saturated rings. The Morgan fingerprint density at radius 1 is 0.786 bits per heavy atom. The van der Waals surface area contributed by atoms with E-state index in [9.17, 15) is 13.6 Å². The topological polar surface area (TPSA) is 88.3 Å². The van der Waals surface area contributed by atoms with Crippen molar-refractivity contribution in [1.29, 1.82) is 0 Å². The van der Waals surface area contributed by atoms with Crippen molar-refractivity contribution in [1.82, 2.24) is 0 Å². The maximum absolute atomic E-state index is 12.8. The zero-order chi connectivity index (χ0) is 20.0. The Morgan fingerprint density at radius 2 is 1.29 bits per heavy atom. The number of oxime groups is 1. The molecule has 0 amide bonds. The van der Waals surface area contributed by atoms with E-state index < -0.39 is 10.0 Å². The molecule has 3 aromatic carbocycles. The maximum Gasteiger partial charge on any atom is 0.285 e. The van der Waals surface area contributed by atoms with Crippen molar-refractivity contribution >= 4 is 21.8 Å². The first-order chi connectivity index (χ1) is 13.5. The van der Waals surface area contributed by atoms with Crippen molar-refractivity contribution in [3.05, 3.63) is 102 Å². The summed E-state index contributed by atoms with van der Waals surface area (Å²) in [6.07, 6.45) is 0. The van der Waals surface area contributed by atoms with Gasteiger partial charge in [-0.15, -0.1) is 4.40 Å². The summed E-state index contributed by atoms with van der Waals surface area (Å²) in [4.78, 5) is 0.0392. The Morgan fingerprint density at radius 3 is 1.79 bits per heavy atom. The van der Waals surface area contributed by atoms with Crippen molar-refractivity contribution in [2.24, 2.45) is 9.55 Å². The van der Waals surface area contributed by atoms with Crippen molar-refractivity contribution < 1.29 is 18.4 Å². The fraction of sp³-hybridized carbons (Fsp3) is 0.0476. The van der Waals surface area contributed by atoms with Gasteiger partial charge < -0.3 is 9.94 Å². The predicted molar refractivity (Wildman–Crippen MR) is 107 cm³/mol. The lowest BCUT2D eigenvalue weighted by molar-refractivity contribution is 0.304. The van der Waals surface area contributed by atoms with E-state index in [1.807, 2.05) is 6.92 Å². The molecule has 0 aliphatic heterocycles. The molecule has 0 unspecified atom stereocenters. The zero-order valence-electron chi connectivity index (χ0n) is 15.1. The van der Waals surface area contributed by atoms with E-state index in [-0.39, 0.29) is 16.7 Å². The molecule has 142 valence electrons. The molecule has 28 heavy (non-hydrogen) atoms. The zero-order valence-corrected chi connectivity index (χ0v) is 15.9. The van der Waals surface area contributed by atoms with Crippen LogP contribution in [0.15, 0.2) is 99.4 Å². The molecular formula is C21H18N2O4S. The average molecular weight is 394 g/mol. The van der Waals surface area contributed by atoms with E-state index in [0.29, 0.717) is 11.1 Å². The van der Waals surface area contributed by atoms with Crippen LogP contribution in [0.3, 0.4) is 0 Å². The summed E-state index contributed by atoms with van der Waals surface area (Å²) in [7, 11) is -4.03. The molecule has 6 nitrogen and oxygen atoms in total. The highest BCUT2D eigenvalue weighted by Gasteiger charge is 2.19. The lowest BCUT2D eigenvalue weighted by Gasteiger charge is -2.10. The SMILES string of the molecule is Cc1ccc(S(=O)(=O)N=C(OC(=NO)c2ccccc2)c2ccccc2)cc1. The Labute approximate surface area is 163 Å². The third kappa shape index (κ3) is 4.63. The molecule has 0 bridgehead atoms. The summed E-state index contributed by atoms with van der Waals surface area (Å²) in [6.45, 7) is 1.86. The van der Waals surface area contributed by atoms with Gasteiger partial charge in [0.05, 0.1) is 4.90 Å². The molecule has 0 heterocycles. The average Bonchev–Trinajstić information content (AvgIpc) is 2.72. The molecule has 0 spiro atoms. The van der Waals surface area contributed by atoms with Gasteiger partial charge >= 0.3 is 0 Å². The van der Waals surface area contributed by atoms with Crippen LogP contribution in [-0.2, 0) is 14.8 Å². The van der Waals surface area contributed by atoms with Gasteiger partial charge in [0, 0.05) is 11.1 Å². The maximum atomic E-state index is 12.8. The second kappa shape index (κ2) is 8.49. The van der Waals surface area contributed by atoms with Gasteiger partial charge in [-0.05, 0) is 48.5 Å². The molecule has 7 heteroatoms. The van der Waals surface area contributed by atoms with Crippen molar-refractivity contribution in [3.63, 3.8) is 0 Å². The fourth-order valence-corrected chi connectivity index (χ4v) is 3.34. The van der Waals surface area contributed by atoms with E-state index >= 15 is 0 Å². The molecule has 3 rings (SSSR count). The highest BCUT2D eigenvalue weighted by molar-refractivity contribution is 7.90. The number of hydrogen-bond acceptors (Lipinski definition) is 5. The van der Waals surface area contributed by atoms with Crippen LogP contribution < -0.4 is 0 Å². The third-order valence-electron chi connectivity index (χ3n) is 3.85. The van der Waals surface area contributed by atoms with Gasteiger partial charge in [-0.3, -0.25) is 0 Å². The van der Waals surface area contributed by atoms with Gasteiger partial charge in [-0.1, -0.05) is 54.1 Å². The van der Waals surface area contributed by atoms with Gasteiger partial charge in [-0.2, -0.15) is 8.42 Å². The smallest absolute Gasteiger partial charge is 0.285 e. The van der Waals surface area contributed by atoms with Gasteiger partial charge in [0.25, 0.3) is 15.9 Å². The van der Waals surface area contributed by atoms with Crippen LogP contribution in [0.4, 0.5) is 0 Å². The quantitative estimate of drug-likeness (QED) is 0.314. The lowest BCUT2D eigenvalue weighted by atomic mass is 10.2. The summed E-state index contributed by atoms with van der Waals surface area (Å²) in [5.41, 5.74) is 1.83. The Kier molecular flexibility index (Phi) is 5.86. The number of aryl methyl sites for hydroxylation is 1. The van der Waals surface area contributed by atoms with Crippen LogP contribution in [-0.4, -0.2) is 25.4 Å². The normalized spacial score (nSPS) is 12.6. The number of sulfonamides is 1. The fourth-order valence-electron chi connectivity index (χ4n) is 2.39. The third-order valence-corrected chi connectivity index (χ3v) is 5.12. The first-order valence-electron chi connectivity index (χ1n) is 8.42. The van der Waals surface area contributed by atoms with Crippen molar-refractivity contribution in [3.8, 4) is 0 Å². The molecular weight excluding hydrogens is 376 g/mol. The Hall–Kier alpha value is -3.45.